The Morgan fingerprint density at radius 2 is 1.77 bits per heavy atom. The van der Waals surface area contributed by atoms with E-state index in [2.05, 4.69) is 0 Å². The van der Waals surface area contributed by atoms with Crippen molar-refractivity contribution in [2.75, 3.05) is 31.2 Å². The van der Waals surface area contributed by atoms with Crippen LogP contribution in [0.4, 0.5) is 5.69 Å². The zero-order valence-corrected chi connectivity index (χ0v) is 17.1. The highest BCUT2D eigenvalue weighted by atomic mass is 16.5. The summed E-state index contributed by atoms with van der Waals surface area (Å²) >= 11 is 0. The van der Waals surface area contributed by atoms with Crippen LogP contribution >= 0.6 is 0 Å². The van der Waals surface area contributed by atoms with Gasteiger partial charge in [0, 0.05) is 25.1 Å². The summed E-state index contributed by atoms with van der Waals surface area (Å²) in [5, 5.41) is 18.5. The van der Waals surface area contributed by atoms with Gasteiger partial charge in [-0.25, -0.2) is 0 Å². The molecule has 2 N–H and O–H groups in total. The van der Waals surface area contributed by atoms with Crippen LogP contribution in [-0.2, 0) is 20.8 Å². The summed E-state index contributed by atoms with van der Waals surface area (Å²) in [5.41, 5.74) is 1.63. The van der Waals surface area contributed by atoms with Crippen molar-refractivity contribution in [3.63, 3.8) is 0 Å². The normalized spacial score (nSPS) is 21.8. The number of benzene rings is 1. The van der Waals surface area contributed by atoms with Crippen LogP contribution in [0, 0.1) is 11.8 Å². The zero-order valence-electron chi connectivity index (χ0n) is 17.1. The first kappa shape index (κ1) is 21.3. The second kappa shape index (κ2) is 9.03. The molecule has 1 aromatic rings. The van der Waals surface area contributed by atoms with E-state index in [-0.39, 0.29) is 43.9 Å². The SMILES string of the molecule is O=C1C2C=CC=CC2C(=O)N1CCCC(=O)N1CCc2c(OC(CO)CO)cccc21. The highest BCUT2D eigenvalue weighted by Crippen LogP contribution is 2.36. The number of rotatable bonds is 8. The summed E-state index contributed by atoms with van der Waals surface area (Å²) in [6, 6.07) is 5.38. The predicted octanol–water partition coefficient (Wildman–Crippen LogP) is 0.815. The number of aliphatic hydroxyl groups is 2. The van der Waals surface area contributed by atoms with E-state index in [1.165, 1.54) is 4.90 Å². The summed E-state index contributed by atoms with van der Waals surface area (Å²) < 4.78 is 5.67. The molecule has 8 nitrogen and oxygen atoms in total. The molecular weight excluding hydrogens is 400 g/mol. The summed E-state index contributed by atoms with van der Waals surface area (Å²) in [7, 11) is 0. The third kappa shape index (κ3) is 4.00. The van der Waals surface area contributed by atoms with Gasteiger partial charge in [-0.3, -0.25) is 19.3 Å². The Morgan fingerprint density at radius 1 is 1.10 bits per heavy atom. The predicted molar refractivity (Wildman–Crippen MR) is 112 cm³/mol. The Hall–Kier alpha value is -2.97. The van der Waals surface area contributed by atoms with E-state index in [9.17, 15) is 24.6 Å². The lowest BCUT2D eigenvalue weighted by Gasteiger charge is -2.20. The van der Waals surface area contributed by atoms with Gasteiger partial charge in [0.1, 0.15) is 11.9 Å². The Morgan fingerprint density at radius 3 is 2.42 bits per heavy atom. The molecule has 2 heterocycles. The van der Waals surface area contributed by atoms with Gasteiger partial charge < -0.3 is 19.8 Å². The van der Waals surface area contributed by atoms with Crippen LogP contribution in [0.5, 0.6) is 5.75 Å². The molecule has 1 saturated heterocycles. The molecule has 2 aliphatic heterocycles. The van der Waals surface area contributed by atoms with Crippen molar-refractivity contribution < 1.29 is 29.3 Å². The molecule has 31 heavy (non-hydrogen) atoms. The number of aliphatic hydroxyl groups excluding tert-OH is 2. The van der Waals surface area contributed by atoms with Crippen LogP contribution in [0.3, 0.4) is 0 Å². The van der Waals surface area contributed by atoms with Crippen molar-refractivity contribution in [2.45, 2.75) is 25.4 Å². The average molecular weight is 426 g/mol. The Kier molecular flexibility index (Phi) is 6.20. The van der Waals surface area contributed by atoms with Crippen molar-refractivity contribution in [3.8, 4) is 5.75 Å². The van der Waals surface area contributed by atoms with Gasteiger partial charge in [0.05, 0.1) is 30.7 Å². The van der Waals surface area contributed by atoms with E-state index < -0.39 is 17.9 Å². The number of ether oxygens (including phenoxy) is 1. The number of anilines is 1. The molecule has 0 saturated carbocycles. The third-order valence-corrected chi connectivity index (χ3v) is 6.00. The molecule has 0 radical (unpaired) electrons. The minimum atomic E-state index is -0.708. The van der Waals surface area contributed by atoms with Crippen LogP contribution in [0.15, 0.2) is 42.5 Å². The zero-order chi connectivity index (χ0) is 22.0. The Bertz CT molecular complexity index is 906. The van der Waals surface area contributed by atoms with Gasteiger partial charge >= 0.3 is 0 Å². The van der Waals surface area contributed by atoms with Crippen molar-refractivity contribution in [2.24, 2.45) is 11.8 Å². The fourth-order valence-electron chi connectivity index (χ4n) is 4.37. The van der Waals surface area contributed by atoms with Crippen LogP contribution in [0.1, 0.15) is 18.4 Å². The number of amides is 3. The molecule has 0 bridgehead atoms. The van der Waals surface area contributed by atoms with Crippen LogP contribution in [0.2, 0.25) is 0 Å². The van der Waals surface area contributed by atoms with E-state index in [0.29, 0.717) is 25.1 Å². The van der Waals surface area contributed by atoms with Crippen molar-refractivity contribution in [1.29, 1.82) is 0 Å². The van der Waals surface area contributed by atoms with Crippen LogP contribution in [0.25, 0.3) is 0 Å². The molecule has 4 rings (SSSR count). The second-order valence-corrected chi connectivity index (χ2v) is 7.91. The molecule has 2 unspecified atom stereocenters. The number of carbonyl (C=O) groups excluding carboxylic acids is 3. The lowest BCUT2D eigenvalue weighted by atomic mass is 9.91. The summed E-state index contributed by atoms with van der Waals surface area (Å²) in [5.74, 6) is -0.749. The Labute approximate surface area is 180 Å². The maximum absolute atomic E-state index is 12.8. The molecule has 3 aliphatic rings. The number of hydrogen-bond donors (Lipinski definition) is 2. The van der Waals surface area contributed by atoms with Gasteiger partial charge in [0.2, 0.25) is 17.7 Å². The quantitative estimate of drug-likeness (QED) is 0.596. The monoisotopic (exact) mass is 426 g/mol. The van der Waals surface area contributed by atoms with Crippen molar-refractivity contribution >= 4 is 23.4 Å². The largest absolute Gasteiger partial charge is 0.485 e. The maximum Gasteiger partial charge on any atom is 0.237 e. The second-order valence-electron chi connectivity index (χ2n) is 7.91. The van der Waals surface area contributed by atoms with E-state index in [0.717, 1.165) is 11.3 Å². The first-order valence-electron chi connectivity index (χ1n) is 10.6. The van der Waals surface area contributed by atoms with Crippen LogP contribution < -0.4 is 9.64 Å². The van der Waals surface area contributed by atoms with E-state index >= 15 is 0 Å². The molecular formula is C23H26N2O6. The first-order valence-corrected chi connectivity index (χ1v) is 10.6. The fourth-order valence-corrected chi connectivity index (χ4v) is 4.37. The molecule has 3 amide bonds. The van der Waals surface area contributed by atoms with Gasteiger partial charge in [-0.2, -0.15) is 0 Å². The topological polar surface area (TPSA) is 107 Å². The van der Waals surface area contributed by atoms with Gasteiger partial charge in [-0.15, -0.1) is 0 Å². The number of imide groups is 1. The van der Waals surface area contributed by atoms with E-state index in [1.807, 2.05) is 6.07 Å². The number of allylic oxidation sites excluding steroid dienone is 2. The lowest BCUT2D eigenvalue weighted by Crippen LogP contribution is -2.34. The van der Waals surface area contributed by atoms with Crippen molar-refractivity contribution in [3.05, 3.63) is 48.1 Å². The number of nitrogens with zero attached hydrogens (tertiary/aromatic N) is 2. The van der Waals surface area contributed by atoms with Crippen LogP contribution in [-0.4, -0.2) is 65.2 Å². The lowest BCUT2D eigenvalue weighted by molar-refractivity contribution is -0.139. The van der Waals surface area contributed by atoms with Gasteiger partial charge in [-0.05, 0) is 25.0 Å². The first-order chi connectivity index (χ1) is 15.0. The average Bonchev–Trinajstić information content (AvgIpc) is 3.33. The minimum Gasteiger partial charge on any atom is -0.485 e. The number of hydrogen-bond acceptors (Lipinski definition) is 6. The summed E-state index contributed by atoms with van der Waals surface area (Å²) in [6.45, 7) is 0.142. The molecule has 1 aromatic carbocycles. The molecule has 2 atom stereocenters. The third-order valence-electron chi connectivity index (χ3n) is 6.00. The molecule has 1 aliphatic carbocycles. The minimum absolute atomic E-state index is 0.0759. The van der Waals surface area contributed by atoms with Gasteiger partial charge in [-0.1, -0.05) is 30.4 Å². The highest BCUT2D eigenvalue weighted by molar-refractivity contribution is 6.07. The highest BCUT2D eigenvalue weighted by Gasteiger charge is 2.45. The maximum atomic E-state index is 12.8. The fraction of sp³-hybridized carbons (Fsp3) is 0.435. The van der Waals surface area contributed by atoms with Gasteiger partial charge in [0.25, 0.3) is 0 Å². The summed E-state index contributed by atoms with van der Waals surface area (Å²) in [4.78, 5) is 40.8. The Balaban J connectivity index is 1.36. The van der Waals surface area contributed by atoms with E-state index in [4.69, 9.17) is 4.74 Å². The molecule has 0 aromatic heterocycles. The summed E-state index contributed by atoms with van der Waals surface area (Å²) in [6.07, 6.45) is 7.62. The number of carbonyl (C=O) groups is 3. The molecule has 1 fully saturated rings. The molecule has 164 valence electrons. The van der Waals surface area contributed by atoms with Gasteiger partial charge in [0.15, 0.2) is 0 Å². The smallest absolute Gasteiger partial charge is 0.237 e. The number of likely N-dealkylation sites (tertiary alicyclic amines) is 1. The molecule has 0 spiro atoms. The number of fused-ring (bicyclic) bond motifs is 2. The van der Waals surface area contributed by atoms with Crippen molar-refractivity contribution in [1.82, 2.24) is 4.90 Å². The van der Waals surface area contributed by atoms with E-state index in [1.54, 1.807) is 41.3 Å². The molecule has 8 heteroatoms. The standard InChI is InChI=1S/C23H26N2O6/c26-13-15(14-27)31-20-8-3-7-19-18(20)10-12-24(19)21(28)9-4-11-25-22(29)16-5-1-2-6-17(16)23(25)30/h1-3,5-8,15-17,26-27H,4,9-14H2.